The Hall–Kier alpha value is -1.24. The largest absolute Gasteiger partial charge is 0.369 e. The van der Waals surface area contributed by atoms with E-state index in [1.807, 2.05) is 19.1 Å². The first-order valence-electron chi connectivity index (χ1n) is 7.77. The topological polar surface area (TPSA) is 67.8 Å². The van der Waals surface area contributed by atoms with Gasteiger partial charge in [0.15, 0.2) is 0 Å². The highest BCUT2D eigenvalue weighted by atomic mass is 32.2. The SMILES string of the molecule is Cc1ccc(S(=O)(=O)N[C@H]2CCCC[C@@H]2N=C2COC2)cc1. The molecule has 2 atom stereocenters. The first kappa shape index (κ1) is 15.6. The van der Waals surface area contributed by atoms with E-state index >= 15 is 0 Å². The Kier molecular flexibility index (Phi) is 4.61. The van der Waals surface area contributed by atoms with Crippen LogP contribution >= 0.6 is 0 Å². The van der Waals surface area contributed by atoms with Crippen molar-refractivity contribution in [3.05, 3.63) is 29.8 Å². The zero-order valence-corrected chi connectivity index (χ0v) is 13.6. The van der Waals surface area contributed by atoms with Crippen molar-refractivity contribution in [1.82, 2.24) is 4.72 Å². The number of nitrogens with zero attached hydrogens (tertiary/aromatic N) is 1. The van der Waals surface area contributed by atoms with Crippen LogP contribution in [0.5, 0.6) is 0 Å². The molecule has 0 radical (unpaired) electrons. The van der Waals surface area contributed by atoms with Gasteiger partial charge >= 0.3 is 0 Å². The van der Waals surface area contributed by atoms with Crippen LogP contribution in [0.25, 0.3) is 0 Å². The van der Waals surface area contributed by atoms with Crippen LogP contribution in [-0.4, -0.2) is 39.4 Å². The lowest BCUT2D eigenvalue weighted by Crippen LogP contribution is -2.45. The summed E-state index contributed by atoms with van der Waals surface area (Å²) >= 11 is 0. The number of aryl methyl sites for hydroxylation is 1. The summed E-state index contributed by atoms with van der Waals surface area (Å²) in [5, 5.41) is 0. The molecular formula is C16H22N2O3S. The van der Waals surface area contributed by atoms with Gasteiger partial charge in [-0.15, -0.1) is 0 Å². The highest BCUT2D eigenvalue weighted by Crippen LogP contribution is 2.24. The van der Waals surface area contributed by atoms with Crippen molar-refractivity contribution in [2.45, 2.75) is 49.6 Å². The Balaban J connectivity index is 1.75. The molecule has 1 heterocycles. The van der Waals surface area contributed by atoms with Gasteiger partial charge in [-0.3, -0.25) is 4.99 Å². The average molecular weight is 322 g/mol. The molecule has 1 aliphatic carbocycles. The Morgan fingerprint density at radius 3 is 2.45 bits per heavy atom. The molecule has 0 unspecified atom stereocenters. The van der Waals surface area contributed by atoms with Gasteiger partial charge in [0.05, 0.1) is 29.9 Å². The summed E-state index contributed by atoms with van der Waals surface area (Å²) in [6, 6.07) is 6.86. The van der Waals surface area contributed by atoms with E-state index in [4.69, 9.17) is 4.74 Å². The van der Waals surface area contributed by atoms with E-state index in [1.54, 1.807) is 12.1 Å². The van der Waals surface area contributed by atoms with E-state index in [9.17, 15) is 8.42 Å². The maximum atomic E-state index is 12.5. The minimum absolute atomic E-state index is 0.0351. The normalized spacial score (nSPS) is 25.6. The van der Waals surface area contributed by atoms with Gasteiger partial charge in [-0.1, -0.05) is 30.5 Å². The third-order valence-electron chi connectivity index (χ3n) is 4.25. The number of hydrogen-bond donors (Lipinski definition) is 1. The molecule has 0 spiro atoms. The van der Waals surface area contributed by atoms with Crippen LogP contribution in [0.2, 0.25) is 0 Å². The van der Waals surface area contributed by atoms with Gasteiger partial charge in [0.1, 0.15) is 0 Å². The van der Waals surface area contributed by atoms with Crippen molar-refractivity contribution in [2.75, 3.05) is 13.2 Å². The van der Waals surface area contributed by atoms with Crippen LogP contribution in [0.15, 0.2) is 34.2 Å². The standard InChI is InChI=1S/C16H22N2O3S/c1-12-6-8-14(9-7-12)22(19,20)18-16-5-3-2-4-15(16)17-13-10-21-11-13/h6-9,15-16,18H,2-5,10-11H2,1H3/t15-,16-/m0/s1. The maximum absolute atomic E-state index is 12.5. The van der Waals surface area contributed by atoms with E-state index in [2.05, 4.69) is 9.71 Å². The molecule has 5 nitrogen and oxygen atoms in total. The van der Waals surface area contributed by atoms with Gasteiger partial charge in [-0.05, 0) is 31.9 Å². The third kappa shape index (κ3) is 3.56. The number of nitrogens with one attached hydrogen (secondary N) is 1. The van der Waals surface area contributed by atoms with Crippen LogP contribution in [0, 0.1) is 6.92 Å². The number of aliphatic imine (C=N–C) groups is 1. The zero-order chi connectivity index (χ0) is 15.6. The van der Waals surface area contributed by atoms with E-state index in [0.29, 0.717) is 18.1 Å². The molecule has 0 aromatic heterocycles. The van der Waals surface area contributed by atoms with Gasteiger partial charge < -0.3 is 4.74 Å². The lowest BCUT2D eigenvalue weighted by atomic mass is 9.91. The maximum Gasteiger partial charge on any atom is 0.240 e. The van der Waals surface area contributed by atoms with Gasteiger partial charge in [0.2, 0.25) is 10.0 Å². The fourth-order valence-corrected chi connectivity index (χ4v) is 4.19. The smallest absolute Gasteiger partial charge is 0.240 e. The van der Waals surface area contributed by atoms with Crippen LogP contribution in [0.1, 0.15) is 31.2 Å². The summed E-state index contributed by atoms with van der Waals surface area (Å²) in [7, 11) is -3.48. The van der Waals surface area contributed by atoms with Crippen LogP contribution in [0.4, 0.5) is 0 Å². The number of rotatable bonds is 4. The van der Waals surface area contributed by atoms with E-state index < -0.39 is 10.0 Å². The minimum Gasteiger partial charge on any atom is -0.369 e. The van der Waals surface area contributed by atoms with Crippen LogP contribution in [-0.2, 0) is 14.8 Å². The van der Waals surface area contributed by atoms with Crippen molar-refractivity contribution in [3.63, 3.8) is 0 Å². The summed E-state index contributed by atoms with van der Waals surface area (Å²) in [4.78, 5) is 5.00. The Labute approximate surface area is 131 Å². The quantitative estimate of drug-likeness (QED) is 0.922. The summed E-state index contributed by atoms with van der Waals surface area (Å²) in [5.74, 6) is 0. The molecule has 0 amide bonds. The molecule has 1 aliphatic heterocycles. The summed E-state index contributed by atoms with van der Waals surface area (Å²) < 4.78 is 33.1. The van der Waals surface area contributed by atoms with Gasteiger partial charge in [-0.25, -0.2) is 13.1 Å². The summed E-state index contributed by atoms with van der Waals surface area (Å²) in [6.07, 6.45) is 3.92. The van der Waals surface area contributed by atoms with Crippen molar-refractivity contribution >= 4 is 15.7 Å². The first-order chi connectivity index (χ1) is 10.5. The fourth-order valence-electron chi connectivity index (χ4n) is 2.89. The van der Waals surface area contributed by atoms with Crippen molar-refractivity contribution in [3.8, 4) is 0 Å². The average Bonchev–Trinajstić information content (AvgIpc) is 2.44. The van der Waals surface area contributed by atoms with Crippen LogP contribution < -0.4 is 4.72 Å². The van der Waals surface area contributed by atoms with Crippen molar-refractivity contribution in [2.24, 2.45) is 4.99 Å². The molecule has 0 bridgehead atoms. The van der Waals surface area contributed by atoms with Crippen LogP contribution in [0.3, 0.4) is 0 Å². The molecule has 1 aromatic carbocycles. The number of ether oxygens (including phenoxy) is 1. The number of sulfonamides is 1. The van der Waals surface area contributed by atoms with E-state index in [1.165, 1.54) is 0 Å². The van der Waals surface area contributed by atoms with E-state index in [-0.39, 0.29) is 12.1 Å². The van der Waals surface area contributed by atoms with E-state index in [0.717, 1.165) is 37.0 Å². The second-order valence-electron chi connectivity index (χ2n) is 6.08. The highest BCUT2D eigenvalue weighted by Gasteiger charge is 2.30. The molecule has 1 saturated carbocycles. The molecular weight excluding hydrogens is 300 g/mol. The second-order valence-corrected chi connectivity index (χ2v) is 7.79. The molecule has 1 saturated heterocycles. The molecule has 1 N–H and O–H groups in total. The third-order valence-corrected chi connectivity index (χ3v) is 5.76. The predicted octanol–water partition coefficient (Wildman–Crippen LogP) is 2.06. The number of benzene rings is 1. The zero-order valence-electron chi connectivity index (χ0n) is 12.8. The first-order valence-corrected chi connectivity index (χ1v) is 9.25. The van der Waals surface area contributed by atoms with Crippen molar-refractivity contribution in [1.29, 1.82) is 0 Å². The highest BCUT2D eigenvalue weighted by molar-refractivity contribution is 7.89. The molecule has 1 aromatic rings. The molecule has 2 fully saturated rings. The molecule has 22 heavy (non-hydrogen) atoms. The lowest BCUT2D eigenvalue weighted by molar-refractivity contribution is 0.157. The Morgan fingerprint density at radius 1 is 1.14 bits per heavy atom. The van der Waals surface area contributed by atoms with Gasteiger partial charge in [-0.2, -0.15) is 0 Å². The second kappa shape index (κ2) is 6.48. The number of hydrogen-bond acceptors (Lipinski definition) is 4. The van der Waals surface area contributed by atoms with Gasteiger partial charge in [0.25, 0.3) is 0 Å². The Bertz CT molecular complexity index is 646. The molecule has 6 heteroatoms. The fraction of sp³-hybridized carbons (Fsp3) is 0.562. The summed E-state index contributed by atoms with van der Waals surface area (Å²) in [5.41, 5.74) is 2.09. The van der Waals surface area contributed by atoms with Crippen molar-refractivity contribution < 1.29 is 13.2 Å². The van der Waals surface area contributed by atoms with Gasteiger partial charge in [0, 0.05) is 6.04 Å². The predicted molar refractivity (Wildman–Crippen MR) is 85.8 cm³/mol. The molecule has 3 rings (SSSR count). The molecule has 120 valence electrons. The summed E-state index contributed by atoms with van der Waals surface area (Å²) in [6.45, 7) is 3.12. The minimum atomic E-state index is -3.48. The monoisotopic (exact) mass is 322 g/mol. The lowest BCUT2D eigenvalue weighted by Gasteiger charge is -2.31. The Morgan fingerprint density at radius 2 is 1.82 bits per heavy atom. The molecule has 2 aliphatic rings.